The first-order valence-corrected chi connectivity index (χ1v) is 11.4. The summed E-state index contributed by atoms with van der Waals surface area (Å²) in [7, 11) is -0.917. The largest absolute Gasteiger partial charge is 0.352 e. The Bertz CT molecular complexity index is 599. The van der Waals surface area contributed by atoms with E-state index in [0.29, 0.717) is 0 Å². The molecular weight excluding hydrogens is 351 g/mol. The van der Waals surface area contributed by atoms with Gasteiger partial charge in [-0.15, -0.1) is 0 Å². The molecule has 3 heteroatoms. The molecule has 2 rings (SSSR count). The summed E-state index contributed by atoms with van der Waals surface area (Å²) in [5.41, 5.74) is 6.03. The molecule has 0 aliphatic rings. The second kappa shape index (κ2) is 15.8. The van der Waals surface area contributed by atoms with E-state index in [2.05, 4.69) is 62.4 Å². The molecule has 0 bridgehead atoms. The van der Waals surface area contributed by atoms with Crippen LogP contribution in [-0.2, 0) is 12.8 Å². The van der Waals surface area contributed by atoms with Crippen molar-refractivity contribution >= 4 is 9.03 Å². The molecule has 0 spiro atoms. The van der Waals surface area contributed by atoms with Crippen molar-refractivity contribution in [2.45, 2.75) is 78.1 Å². The molecule has 0 unspecified atom stereocenters. The molecule has 0 fully saturated rings. The zero-order valence-corrected chi connectivity index (χ0v) is 18.1. The standard InChI is InChI=1S/C24H34.H3O2P/c1-3-5-7-10-15-22-18-14-20-24(21-16-11-9-12-17-21)23(22)19-13-8-6-4-2;1-3-2/h9,11-12,14,16-18,20H,3-8,10,13,15,19H2,1-2H3;1-3H. The Hall–Kier alpha value is -1.21. The minimum Gasteiger partial charge on any atom is -0.352 e. The van der Waals surface area contributed by atoms with Crippen LogP contribution in [0.25, 0.3) is 11.1 Å². The van der Waals surface area contributed by atoms with Crippen molar-refractivity contribution in [1.82, 2.24) is 0 Å². The van der Waals surface area contributed by atoms with Gasteiger partial charge in [-0.05, 0) is 47.9 Å². The molecule has 150 valence electrons. The highest BCUT2D eigenvalue weighted by Gasteiger charge is 2.10. The average Bonchev–Trinajstić information content (AvgIpc) is 2.70. The van der Waals surface area contributed by atoms with E-state index in [0.717, 1.165) is 0 Å². The third-order valence-electron chi connectivity index (χ3n) is 4.94. The van der Waals surface area contributed by atoms with Gasteiger partial charge in [0.15, 0.2) is 0 Å². The molecule has 0 heterocycles. The van der Waals surface area contributed by atoms with Gasteiger partial charge in [0.25, 0.3) is 0 Å². The Morgan fingerprint density at radius 3 is 1.85 bits per heavy atom. The summed E-state index contributed by atoms with van der Waals surface area (Å²) >= 11 is 0. The lowest BCUT2D eigenvalue weighted by molar-refractivity contribution is 0.513. The number of unbranched alkanes of at least 4 members (excludes halogenated alkanes) is 6. The van der Waals surface area contributed by atoms with Crippen molar-refractivity contribution in [3.8, 4) is 11.1 Å². The van der Waals surface area contributed by atoms with Gasteiger partial charge in [-0.1, -0.05) is 101 Å². The van der Waals surface area contributed by atoms with Gasteiger partial charge in [0.05, 0.1) is 0 Å². The molecule has 0 saturated carbocycles. The topological polar surface area (TPSA) is 40.5 Å². The van der Waals surface area contributed by atoms with Crippen LogP contribution in [-0.4, -0.2) is 9.79 Å². The minimum absolute atomic E-state index is 0.917. The summed E-state index contributed by atoms with van der Waals surface area (Å²) in [6.45, 7) is 4.58. The molecule has 0 amide bonds. The van der Waals surface area contributed by atoms with Crippen LogP contribution in [0, 0.1) is 0 Å². The molecule has 0 aliphatic carbocycles. The monoisotopic (exact) mass is 388 g/mol. The van der Waals surface area contributed by atoms with E-state index in [-0.39, 0.29) is 0 Å². The minimum atomic E-state index is -0.917. The molecule has 2 aromatic carbocycles. The Morgan fingerprint density at radius 2 is 1.26 bits per heavy atom. The number of benzene rings is 2. The summed E-state index contributed by atoms with van der Waals surface area (Å²) in [4.78, 5) is 14.3. The highest BCUT2D eigenvalue weighted by atomic mass is 31.1. The Kier molecular flexibility index (Phi) is 14.0. The fourth-order valence-corrected chi connectivity index (χ4v) is 3.52. The molecule has 0 atom stereocenters. The second-order valence-electron chi connectivity index (χ2n) is 7.03. The predicted molar refractivity (Wildman–Crippen MR) is 120 cm³/mol. The van der Waals surface area contributed by atoms with Crippen molar-refractivity contribution in [1.29, 1.82) is 0 Å². The summed E-state index contributed by atoms with van der Waals surface area (Å²) in [5, 5.41) is 0. The first-order valence-electron chi connectivity index (χ1n) is 10.5. The van der Waals surface area contributed by atoms with Crippen LogP contribution in [0.4, 0.5) is 0 Å². The van der Waals surface area contributed by atoms with E-state index in [4.69, 9.17) is 9.79 Å². The summed E-state index contributed by atoms with van der Waals surface area (Å²) in [6, 6.07) is 17.9. The van der Waals surface area contributed by atoms with Gasteiger partial charge in [0.2, 0.25) is 0 Å². The normalized spacial score (nSPS) is 10.4. The quantitative estimate of drug-likeness (QED) is 0.319. The highest BCUT2D eigenvalue weighted by Crippen LogP contribution is 2.29. The van der Waals surface area contributed by atoms with E-state index in [9.17, 15) is 0 Å². The van der Waals surface area contributed by atoms with Gasteiger partial charge in [0.1, 0.15) is 9.03 Å². The van der Waals surface area contributed by atoms with E-state index in [1.165, 1.54) is 75.3 Å². The Labute approximate surface area is 168 Å². The van der Waals surface area contributed by atoms with Gasteiger partial charge in [0, 0.05) is 0 Å². The van der Waals surface area contributed by atoms with Crippen molar-refractivity contribution in [2.75, 3.05) is 0 Å². The molecule has 0 saturated heterocycles. The van der Waals surface area contributed by atoms with E-state index < -0.39 is 9.03 Å². The smallest absolute Gasteiger partial charge is 0.149 e. The lowest BCUT2D eigenvalue weighted by atomic mass is 9.89. The molecular formula is C24H37O2P. The second-order valence-corrected chi connectivity index (χ2v) is 7.23. The maximum Gasteiger partial charge on any atom is 0.149 e. The molecule has 2 nitrogen and oxygen atoms in total. The maximum atomic E-state index is 7.15. The first-order chi connectivity index (χ1) is 13.3. The Balaban J connectivity index is 0.00000114. The summed E-state index contributed by atoms with van der Waals surface area (Å²) < 4.78 is 0. The molecule has 2 aromatic rings. The van der Waals surface area contributed by atoms with Gasteiger partial charge in [-0.3, -0.25) is 0 Å². The van der Waals surface area contributed by atoms with E-state index in [1.807, 2.05) is 0 Å². The molecule has 0 aromatic heterocycles. The summed E-state index contributed by atoms with van der Waals surface area (Å²) in [6.07, 6.45) is 13.2. The highest BCUT2D eigenvalue weighted by molar-refractivity contribution is 7.23. The lowest BCUT2D eigenvalue weighted by Gasteiger charge is -2.16. The third-order valence-corrected chi connectivity index (χ3v) is 4.94. The number of aryl methyl sites for hydroxylation is 1. The van der Waals surface area contributed by atoms with Crippen LogP contribution in [0.15, 0.2) is 48.5 Å². The van der Waals surface area contributed by atoms with Crippen LogP contribution in [0.5, 0.6) is 0 Å². The van der Waals surface area contributed by atoms with E-state index >= 15 is 0 Å². The summed E-state index contributed by atoms with van der Waals surface area (Å²) in [5.74, 6) is 0. The molecule has 0 aliphatic heterocycles. The SMILES string of the molecule is CCCCCCc1cccc(-c2ccccc2)c1CCCCCC.OPO. The van der Waals surface area contributed by atoms with Crippen LogP contribution in [0.1, 0.15) is 76.3 Å². The third kappa shape index (κ3) is 9.51. The zero-order valence-electron chi connectivity index (χ0n) is 17.1. The molecule has 27 heavy (non-hydrogen) atoms. The van der Waals surface area contributed by atoms with Crippen LogP contribution in [0.2, 0.25) is 0 Å². The van der Waals surface area contributed by atoms with Crippen molar-refractivity contribution in [3.05, 3.63) is 59.7 Å². The van der Waals surface area contributed by atoms with Crippen molar-refractivity contribution < 1.29 is 9.79 Å². The fourth-order valence-electron chi connectivity index (χ4n) is 3.52. The average molecular weight is 389 g/mol. The molecule has 0 radical (unpaired) electrons. The predicted octanol–water partition coefficient (Wildman–Crippen LogP) is 7.08. The van der Waals surface area contributed by atoms with Gasteiger partial charge >= 0.3 is 0 Å². The van der Waals surface area contributed by atoms with Crippen LogP contribution >= 0.6 is 9.03 Å². The van der Waals surface area contributed by atoms with Gasteiger partial charge in [-0.2, -0.15) is 0 Å². The molecule has 2 N–H and O–H groups in total. The van der Waals surface area contributed by atoms with Crippen molar-refractivity contribution in [3.63, 3.8) is 0 Å². The number of rotatable bonds is 11. The number of hydrogen-bond acceptors (Lipinski definition) is 2. The Morgan fingerprint density at radius 1 is 0.667 bits per heavy atom. The van der Waals surface area contributed by atoms with Crippen molar-refractivity contribution in [2.24, 2.45) is 0 Å². The number of hydrogen-bond donors (Lipinski definition) is 2. The maximum absolute atomic E-state index is 7.15. The van der Waals surface area contributed by atoms with Crippen LogP contribution < -0.4 is 0 Å². The van der Waals surface area contributed by atoms with Gasteiger partial charge < -0.3 is 9.79 Å². The lowest BCUT2D eigenvalue weighted by Crippen LogP contribution is -1.99. The van der Waals surface area contributed by atoms with Crippen LogP contribution in [0.3, 0.4) is 0 Å². The van der Waals surface area contributed by atoms with E-state index in [1.54, 1.807) is 11.1 Å². The zero-order chi connectivity index (χ0) is 19.7. The van der Waals surface area contributed by atoms with Gasteiger partial charge in [-0.25, -0.2) is 0 Å². The first kappa shape index (κ1) is 23.8. The fraction of sp³-hybridized carbons (Fsp3) is 0.500.